The van der Waals surface area contributed by atoms with Crippen molar-refractivity contribution in [3.05, 3.63) is 0 Å². The van der Waals surface area contributed by atoms with Crippen molar-refractivity contribution in [3.8, 4) is 0 Å². The van der Waals surface area contributed by atoms with E-state index in [1.807, 2.05) is 20.8 Å². The molecule has 0 fully saturated rings. The summed E-state index contributed by atoms with van der Waals surface area (Å²) in [6.07, 6.45) is -0.667. The predicted molar refractivity (Wildman–Crippen MR) is 68.4 cm³/mol. The fraction of sp³-hybridized carbons (Fsp3) is 0.923. The van der Waals surface area contributed by atoms with Gasteiger partial charge in [0, 0.05) is 0 Å². The van der Waals surface area contributed by atoms with Crippen molar-refractivity contribution >= 4 is 5.97 Å². The summed E-state index contributed by atoms with van der Waals surface area (Å²) in [5.74, 6) is -0.456. The summed E-state index contributed by atoms with van der Waals surface area (Å²) < 4.78 is 15.9. The van der Waals surface area contributed by atoms with E-state index in [2.05, 4.69) is 0 Å². The first-order valence-corrected chi connectivity index (χ1v) is 6.30. The maximum atomic E-state index is 11.8. The summed E-state index contributed by atoms with van der Waals surface area (Å²) in [6, 6.07) is 0. The summed E-state index contributed by atoms with van der Waals surface area (Å²) in [4.78, 5) is 11.8. The van der Waals surface area contributed by atoms with Gasteiger partial charge in [-0.05, 0) is 41.5 Å². The molecule has 0 aromatic heterocycles. The minimum Gasteiger partial charge on any atom is -0.461 e. The second kappa shape index (κ2) is 7.71. The molecule has 0 aromatic carbocycles. The molecule has 18 heavy (non-hydrogen) atoms. The normalized spacial score (nSPS) is 15.6. The van der Waals surface area contributed by atoms with Crippen LogP contribution >= 0.6 is 0 Å². The molecular weight excluding hydrogens is 236 g/mol. The van der Waals surface area contributed by atoms with Crippen LogP contribution in [0.1, 0.15) is 41.5 Å². The fourth-order valence-electron chi connectivity index (χ4n) is 1.26. The Labute approximate surface area is 109 Å². The number of carbonyl (C=O) groups excluding carboxylic acids is 1. The highest BCUT2D eigenvalue weighted by Crippen LogP contribution is 2.13. The van der Waals surface area contributed by atoms with Crippen molar-refractivity contribution in [2.24, 2.45) is 0 Å². The van der Waals surface area contributed by atoms with Gasteiger partial charge >= 0.3 is 5.97 Å². The lowest BCUT2D eigenvalue weighted by atomic mass is 10.1. The van der Waals surface area contributed by atoms with Crippen molar-refractivity contribution in [1.82, 2.24) is 0 Å². The van der Waals surface area contributed by atoms with Crippen LogP contribution in [0.2, 0.25) is 0 Å². The second-order valence-corrected chi connectivity index (χ2v) is 5.26. The summed E-state index contributed by atoms with van der Waals surface area (Å²) in [5, 5.41) is 9.12. The Hall–Kier alpha value is -0.650. The SMILES string of the molecule is CC(O)COC(C)(C)C(=O)OCC(C)OC(C)C. The quantitative estimate of drug-likeness (QED) is 0.672. The van der Waals surface area contributed by atoms with Gasteiger partial charge in [0.1, 0.15) is 6.61 Å². The monoisotopic (exact) mass is 262 g/mol. The van der Waals surface area contributed by atoms with Crippen LogP contribution in [0.25, 0.3) is 0 Å². The highest BCUT2D eigenvalue weighted by molar-refractivity contribution is 5.78. The highest BCUT2D eigenvalue weighted by atomic mass is 16.6. The van der Waals surface area contributed by atoms with Crippen LogP contribution in [0.4, 0.5) is 0 Å². The molecular formula is C13H26O5. The van der Waals surface area contributed by atoms with Crippen LogP contribution in [0.5, 0.6) is 0 Å². The standard InChI is InChI=1S/C13H26O5/c1-9(2)18-11(4)8-16-12(15)13(5,6)17-7-10(3)14/h9-11,14H,7-8H2,1-6H3. The van der Waals surface area contributed by atoms with Crippen LogP contribution < -0.4 is 0 Å². The van der Waals surface area contributed by atoms with E-state index in [-0.39, 0.29) is 25.4 Å². The molecule has 0 aromatic rings. The number of aliphatic hydroxyl groups is 1. The number of hydrogen-bond donors (Lipinski definition) is 1. The third-order valence-corrected chi connectivity index (χ3v) is 2.13. The summed E-state index contributed by atoms with van der Waals surface area (Å²) in [6.45, 7) is 10.8. The first-order valence-electron chi connectivity index (χ1n) is 6.30. The van der Waals surface area contributed by atoms with Gasteiger partial charge in [0.05, 0.1) is 24.9 Å². The van der Waals surface area contributed by atoms with Crippen molar-refractivity contribution in [3.63, 3.8) is 0 Å². The predicted octanol–water partition coefficient (Wildman–Crippen LogP) is 1.52. The summed E-state index contributed by atoms with van der Waals surface area (Å²) >= 11 is 0. The number of hydrogen-bond acceptors (Lipinski definition) is 5. The molecule has 5 heteroatoms. The largest absolute Gasteiger partial charge is 0.461 e. The van der Waals surface area contributed by atoms with Crippen LogP contribution in [0.15, 0.2) is 0 Å². The smallest absolute Gasteiger partial charge is 0.337 e. The van der Waals surface area contributed by atoms with Crippen LogP contribution in [0.3, 0.4) is 0 Å². The van der Waals surface area contributed by atoms with E-state index in [1.54, 1.807) is 20.8 Å². The molecule has 0 aliphatic carbocycles. The van der Waals surface area contributed by atoms with Gasteiger partial charge in [-0.25, -0.2) is 4.79 Å². The molecule has 0 saturated heterocycles. The third-order valence-electron chi connectivity index (χ3n) is 2.13. The van der Waals surface area contributed by atoms with Crippen molar-refractivity contribution < 1.29 is 24.1 Å². The van der Waals surface area contributed by atoms with Gasteiger partial charge in [-0.15, -0.1) is 0 Å². The molecule has 108 valence electrons. The zero-order chi connectivity index (χ0) is 14.3. The van der Waals surface area contributed by atoms with Crippen molar-refractivity contribution in [2.45, 2.75) is 65.5 Å². The number of aliphatic hydroxyl groups excluding tert-OH is 1. The third kappa shape index (κ3) is 7.63. The molecule has 0 bridgehead atoms. The molecule has 2 unspecified atom stereocenters. The first kappa shape index (κ1) is 17.4. The number of rotatable bonds is 8. The van der Waals surface area contributed by atoms with Crippen molar-refractivity contribution in [1.29, 1.82) is 0 Å². The van der Waals surface area contributed by atoms with Crippen LogP contribution in [-0.4, -0.2) is 48.2 Å². The topological polar surface area (TPSA) is 65.0 Å². The highest BCUT2D eigenvalue weighted by Gasteiger charge is 2.31. The van der Waals surface area contributed by atoms with E-state index in [0.29, 0.717) is 0 Å². The average Bonchev–Trinajstić information content (AvgIpc) is 2.22. The molecule has 1 N–H and O–H groups in total. The molecule has 5 nitrogen and oxygen atoms in total. The van der Waals surface area contributed by atoms with Gasteiger partial charge in [0.15, 0.2) is 5.60 Å². The molecule has 2 atom stereocenters. The van der Waals surface area contributed by atoms with E-state index in [4.69, 9.17) is 19.3 Å². The number of ether oxygens (including phenoxy) is 3. The zero-order valence-electron chi connectivity index (χ0n) is 12.2. The average molecular weight is 262 g/mol. The molecule has 0 aliphatic heterocycles. The van der Waals surface area contributed by atoms with E-state index in [9.17, 15) is 4.79 Å². The van der Waals surface area contributed by atoms with Gasteiger partial charge in [-0.2, -0.15) is 0 Å². The molecule has 0 rings (SSSR count). The number of carbonyl (C=O) groups is 1. The Bertz CT molecular complexity index is 248. The molecule has 0 saturated carbocycles. The maximum Gasteiger partial charge on any atom is 0.337 e. The minimum atomic E-state index is -1.06. The van der Waals surface area contributed by atoms with E-state index in [0.717, 1.165) is 0 Å². The van der Waals surface area contributed by atoms with Gasteiger partial charge in [0.25, 0.3) is 0 Å². The summed E-state index contributed by atoms with van der Waals surface area (Å²) in [7, 11) is 0. The lowest BCUT2D eigenvalue weighted by Gasteiger charge is -2.25. The Balaban J connectivity index is 4.06. The number of esters is 1. The van der Waals surface area contributed by atoms with Crippen LogP contribution in [-0.2, 0) is 19.0 Å². The fourth-order valence-corrected chi connectivity index (χ4v) is 1.26. The van der Waals surface area contributed by atoms with Gasteiger partial charge in [-0.1, -0.05) is 0 Å². The molecule has 0 aliphatic rings. The Morgan fingerprint density at radius 3 is 2.17 bits per heavy atom. The van der Waals surface area contributed by atoms with Gasteiger partial charge in [-0.3, -0.25) is 0 Å². The van der Waals surface area contributed by atoms with E-state index < -0.39 is 17.7 Å². The Morgan fingerprint density at radius 2 is 1.72 bits per heavy atom. The second-order valence-electron chi connectivity index (χ2n) is 5.26. The zero-order valence-corrected chi connectivity index (χ0v) is 12.2. The van der Waals surface area contributed by atoms with Gasteiger partial charge < -0.3 is 19.3 Å². The summed E-state index contributed by atoms with van der Waals surface area (Å²) in [5.41, 5.74) is -1.06. The van der Waals surface area contributed by atoms with Crippen molar-refractivity contribution in [2.75, 3.05) is 13.2 Å². The Kier molecular flexibility index (Phi) is 7.43. The van der Waals surface area contributed by atoms with Gasteiger partial charge in [0.2, 0.25) is 0 Å². The van der Waals surface area contributed by atoms with Crippen LogP contribution in [0, 0.1) is 0 Å². The molecule has 0 spiro atoms. The molecule has 0 radical (unpaired) electrons. The maximum absolute atomic E-state index is 11.8. The lowest BCUT2D eigenvalue weighted by molar-refractivity contribution is -0.175. The first-order chi connectivity index (χ1) is 8.15. The minimum absolute atomic E-state index is 0.0956. The molecule has 0 amide bonds. The molecule has 0 heterocycles. The Morgan fingerprint density at radius 1 is 1.17 bits per heavy atom. The van der Waals surface area contributed by atoms with E-state index in [1.165, 1.54) is 0 Å². The lowest BCUT2D eigenvalue weighted by Crippen LogP contribution is -2.39. The van der Waals surface area contributed by atoms with E-state index >= 15 is 0 Å².